The van der Waals surface area contributed by atoms with Crippen LogP contribution in [0.25, 0.3) is 0 Å². The van der Waals surface area contributed by atoms with Gasteiger partial charge in [-0.1, -0.05) is 39.8 Å². The number of hydrogen-bond donors (Lipinski definition) is 1. The van der Waals surface area contributed by atoms with Crippen molar-refractivity contribution in [3.63, 3.8) is 0 Å². The zero-order chi connectivity index (χ0) is 16.9. The highest BCUT2D eigenvalue weighted by atomic mass is 16.7. The Morgan fingerprint density at radius 3 is 1.55 bits per heavy atom. The molecule has 1 aromatic rings. The van der Waals surface area contributed by atoms with Crippen molar-refractivity contribution in [1.29, 1.82) is 0 Å². The van der Waals surface area contributed by atoms with Crippen molar-refractivity contribution in [2.45, 2.75) is 78.4 Å². The average molecular weight is 303 g/mol. The molecule has 2 rings (SSSR count). The van der Waals surface area contributed by atoms with E-state index in [0.29, 0.717) is 11.8 Å². The van der Waals surface area contributed by atoms with Gasteiger partial charge in [-0.2, -0.15) is 0 Å². The SMILES string of the molecule is CC(C)c1cc(B2OC(C)(C)C(C)(C)O2)cc(C(C)C)c1N. The van der Waals surface area contributed by atoms with Gasteiger partial charge in [0.1, 0.15) is 0 Å². The lowest BCUT2D eigenvalue weighted by Crippen LogP contribution is -2.41. The van der Waals surface area contributed by atoms with Crippen LogP contribution in [0.15, 0.2) is 12.1 Å². The molecule has 1 fully saturated rings. The molecular weight excluding hydrogens is 273 g/mol. The molecule has 3 nitrogen and oxygen atoms in total. The first kappa shape index (κ1) is 17.4. The molecule has 22 heavy (non-hydrogen) atoms. The largest absolute Gasteiger partial charge is 0.494 e. The minimum absolute atomic E-state index is 0.324. The number of nitrogen functional groups attached to an aromatic ring is 1. The third kappa shape index (κ3) is 2.91. The van der Waals surface area contributed by atoms with E-state index in [-0.39, 0.29) is 18.3 Å². The normalized spacial score (nSPS) is 20.2. The smallest absolute Gasteiger partial charge is 0.399 e. The minimum atomic E-state index is -0.333. The standard InChI is InChI=1S/C18H30BNO2/c1-11(2)14-9-13(10-15(12(3)4)16(14)20)19-21-17(5,6)18(7,8)22-19/h9-12H,20H2,1-8H3. The summed E-state index contributed by atoms with van der Waals surface area (Å²) in [5, 5.41) is 0. The maximum atomic E-state index is 6.38. The molecule has 0 aliphatic carbocycles. The van der Waals surface area contributed by atoms with E-state index in [2.05, 4.69) is 67.5 Å². The molecule has 1 saturated heterocycles. The van der Waals surface area contributed by atoms with Gasteiger partial charge in [0.15, 0.2) is 0 Å². The number of rotatable bonds is 3. The maximum Gasteiger partial charge on any atom is 0.494 e. The van der Waals surface area contributed by atoms with Gasteiger partial charge >= 0.3 is 7.12 Å². The molecule has 0 saturated carbocycles. The van der Waals surface area contributed by atoms with Crippen LogP contribution < -0.4 is 11.2 Å². The molecule has 1 aliphatic heterocycles. The fraction of sp³-hybridized carbons (Fsp3) is 0.667. The van der Waals surface area contributed by atoms with E-state index in [1.807, 2.05) is 0 Å². The van der Waals surface area contributed by atoms with Gasteiger partial charge in [0, 0.05) is 5.69 Å². The zero-order valence-electron chi connectivity index (χ0n) is 15.3. The maximum absolute atomic E-state index is 6.38. The molecule has 0 bridgehead atoms. The van der Waals surface area contributed by atoms with Gasteiger partial charge in [0.05, 0.1) is 11.2 Å². The molecule has 0 atom stereocenters. The summed E-state index contributed by atoms with van der Waals surface area (Å²) < 4.78 is 12.4. The van der Waals surface area contributed by atoms with Gasteiger partial charge < -0.3 is 15.0 Å². The Balaban J connectivity index is 2.49. The van der Waals surface area contributed by atoms with Crippen LogP contribution in [0.4, 0.5) is 5.69 Å². The van der Waals surface area contributed by atoms with Crippen LogP contribution in [0.1, 0.15) is 78.4 Å². The summed E-state index contributed by atoms with van der Waals surface area (Å²) in [5.41, 5.74) is 10.1. The summed E-state index contributed by atoms with van der Waals surface area (Å²) >= 11 is 0. The van der Waals surface area contributed by atoms with E-state index >= 15 is 0 Å². The highest BCUT2D eigenvalue weighted by molar-refractivity contribution is 6.62. The van der Waals surface area contributed by atoms with Crippen molar-refractivity contribution in [2.75, 3.05) is 5.73 Å². The summed E-state index contributed by atoms with van der Waals surface area (Å²) in [7, 11) is -0.333. The van der Waals surface area contributed by atoms with Crippen LogP contribution in [0.2, 0.25) is 0 Å². The molecule has 0 radical (unpaired) electrons. The lowest BCUT2D eigenvalue weighted by Gasteiger charge is -2.32. The monoisotopic (exact) mass is 303 g/mol. The van der Waals surface area contributed by atoms with Gasteiger partial charge in [-0.15, -0.1) is 0 Å². The van der Waals surface area contributed by atoms with Crippen LogP contribution in [-0.2, 0) is 9.31 Å². The molecular formula is C18H30BNO2. The second kappa shape index (κ2) is 5.57. The van der Waals surface area contributed by atoms with E-state index < -0.39 is 0 Å². The molecule has 122 valence electrons. The van der Waals surface area contributed by atoms with E-state index in [1.165, 1.54) is 11.1 Å². The van der Waals surface area contributed by atoms with Crippen LogP contribution in [-0.4, -0.2) is 18.3 Å². The van der Waals surface area contributed by atoms with Gasteiger partial charge in [0.2, 0.25) is 0 Å². The Labute approximate surface area is 135 Å². The van der Waals surface area contributed by atoms with Crippen molar-refractivity contribution >= 4 is 18.3 Å². The fourth-order valence-corrected chi connectivity index (χ4v) is 2.79. The molecule has 2 N–H and O–H groups in total. The third-order valence-corrected chi connectivity index (χ3v) is 5.04. The Morgan fingerprint density at radius 2 is 1.23 bits per heavy atom. The second-order valence-corrected chi connectivity index (χ2v) is 8.01. The Morgan fingerprint density at radius 1 is 0.864 bits per heavy atom. The van der Waals surface area contributed by atoms with Crippen LogP contribution in [0, 0.1) is 0 Å². The van der Waals surface area contributed by atoms with E-state index in [4.69, 9.17) is 15.0 Å². The van der Waals surface area contributed by atoms with Crippen LogP contribution in [0.3, 0.4) is 0 Å². The van der Waals surface area contributed by atoms with Gasteiger partial charge in [-0.3, -0.25) is 0 Å². The first-order valence-electron chi connectivity index (χ1n) is 8.25. The number of hydrogen-bond acceptors (Lipinski definition) is 3. The van der Waals surface area contributed by atoms with Crippen molar-refractivity contribution in [1.82, 2.24) is 0 Å². The topological polar surface area (TPSA) is 44.5 Å². The highest BCUT2D eigenvalue weighted by Crippen LogP contribution is 2.37. The van der Waals surface area contributed by atoms with Crippen molar-refractivity contribution in [2.24, 2.45) is 0 Å². The minimum Gasteiger partial charge on any atom is -0.399 e. The molecule has 1 aromatic carbocycles. The predicted molar refractivity (Wildman–Crippen MR) is 94.7 cm³/mol. The molecule has 0 unspecified atom stereocenters. The van der Waals surface area contributed by atoms with Gasteiger partial charge in [0.25, 0.3) is 0 Å². The van der Waals surface area contributed by atoms with E-state index in [0.717, 1.165) is 11.2 Å². The summed E-state index contributed by atoms with van der Waals surface area (Å²) in [5.74, 6) is 0.750. The van der Waals surface area contributed by atoms with E-state index in [1.54, 1.807) is 0 Å². The first-order valence-corrected chi connectivity index (χ1v) is 8.25. The molecule has 0 spiro atoms. The quantitative estimate of drug-likeness (QED) is 0.682. The van der Waals surface area contributed by atoms with E-state index in [9.17, 15) is 0 Å². The van der Waals surface area contributed by atoms with Gasteiger partial charge in [-0.05, 0) is 56.1 Å². The predicted octanol–water partition coefficient (Wildman–Crippen LogP) is 3.81. The summed E-state index contributed by atoms with van der Waals surface area (Å²) in [6.45, 7) is 17.0. The molecule has 1 heterocycles. The molecule has 0 aromatic heterocycles. The summed E-state index contributed by atoms with van der Waals surface area (Å²) in [6.07, 6.45) is 0. The molecule has 0 amide bonds. The molecule has 1 aliphatic rings. The number of nitrogens with two attached hydrogens (primary N) is 1. The van der Waals surface area contributed by atoms with Crippen LogP contribution >= 0.6 is 0 Å². The first-order chi connectivity index (χ1) is 9.96. The fourth-order valence-electron chi connectivity index (χ4n) is 2.79. The van der Waals surface area contributed by atoms with Gasteiger partial charge in [-0.25, -0.2) is 0 Å². The summed E-state index contributed by atoms with van der Waals surface area (Å²) in [4.78, 5) is 0. The third-order valence-electron chi connectivity index (χ3n) is 5.04. The number of anilines is 1. The zero-order valence-corrected chi connectivity index (χ0v) is 15.3. The van der Waals surface area contributed by atoms with Crippen LogP contribution in [0.5, 0.6) is 0 Å². The molecule has 4 heteroatoms. The summed E-state index contributed by atoms with van der Waals surface area (Å²) in [6, 6.07) is 4.29. The van der Waals surface area contributed by atoms with Crippen molar-refractivity contribution < 1.29 is 9.31 Å². The van der Waals surface area contributed by atoms with Crippen molar-refractivity contribution in [3.8, 4) is 0 Å². The Hall–Kier alpha value is -0.995. The number of benzene rings is 1. The second-order valence-electron chi connectivity index (χ2n) is 8.01. The lowest BCUT2D eigenvalue weighted by atomic mass is 9.75. The van der Waals surface area contributed by atoms with Crippen molar-refractivity contribution in [3.05, 3.63) is 23.3 Å². The lowest BCUT2D eigenvalue weighted by molar-refractivity contribution is 0.00578. The Kier molecular flexibility index (Phi) is 4.40. The highest BCUT2D eigenvalue weighted by Gasteiger charge is 2.51. The Bertz CT molecular complexity index is 519. The average Bonchev–Trinajstić information content (AvgIpc) is 2.57.